The maximum Gasteiger partial charge on any atom is 0.247 e. The molecule has 0 fully saturated rings. The molecule has 0 saturated carbocycles. The van der Waals surface area contributed by atoms with Crippen LogP contribution in [0.2, 0.25) is 0 Å². The van der Waals surface area contributed by atoms with E-state index in [0.717, 1.165) is 16.8 Å². The number of pyridine rings is 1. The van der Waals surface area contributed by atoms with Crippen LogP contribution in [-0.4, -0.2) is 20.7 Å². The summed E-state index contributed by atoms with van der Waals surface area (Å²) < 4.78 is 1.79. The zero-order valence-corrected chi connectivity index (χ0v) is 11.9. The topological polar surface area (TPSA) is 59.8 Å². The first kappa shape index (κ1) is 14.0. The van der Waals surface area contributed by atoms with Crippen LogP contribution in [0, 0.1) is 6.92 Å². The number of hydrogen-bond donors (Lipinski definition) is 1. The van der Waals surface area contributed by atoms with Crippen LogP contribution in [0.1, 0.15) is 23.7 Å². The van der Waals surface area contributed by atoms with Gasteiger partial charge in [0.25, 0.3) is 0 Å². The summed E-state index contributed by atoms with van der Waals surface area (Å²) in [5, 5.41) is 7.05. The van der Waals surface area contributed by atoms with Gasteiger partial charge in [-0.1, -0.05) is 0 Å². The molecule has 0 unspecified atom stereocenters. The number of hydrogen-bond acceptors (Lipinski definition) is 3. The second-order valence-corrected chi connectivity index (χ2v) is 4.67. The molecule has 104 valence electrons. The maximum atomic E-state index is 12.0. The van der Waals surface area contributed by atoms with Crippen LogP contribution in [-0.2, 0) is 18.4 Å². The zero-order valence-electron chi connectivity index (χ0n) is 11.9. The number of rotatable bonds is 4. The summed E-state index contributed by atoms with van der Waals surface area (Å²) in [6.45, 7) is 4.26. The van der Waals surface area contributed by atoms with E-state index in [9.17, 15) is 4.79 Å². The number of carbonyl (C=O) groups is 1. The molecule has 2 aromatic rings. The molecule has 0 aliphatic heterocycles. The second-order valence-electron chi connectivity index (χ2n) is 4.67. The van der Waals surface area contributed by atoms with Crippen molar-refractivity contribution in [3.63, 3.8) is 0 Å². The molecular formula is C15H18N4O. The Kier molecular flexibility index (Phi) is 4.30. The Morgan fingerprint density at radius 3 is 2.70 bits per heavy atom. The Morgan fingerprint density at radius 1 is 1.40 bits per heavy atom. The summed E-state index contributed by atoms with van der Waals surface area (Å²) in [5.41, 5.74) is 3.71. The van der Waals surface area contributed by atoms with Crippen molar-refractivity contribution in [1.29, 1.82) is 0 Å². The standard InChI is InChI=1S/C15H18N4O/c1-11(8-13-4-6-16-7-5-13)15(20)17-9-14-10-18-19(3)12(14)2/h4-8,10H,9H2,1-3H3,(H,17,20)/b11-8+. The molecule has 20 heavy (non-hydrogen) atoms. The number of nitrogens with one attached hydrogen (secondary N) is 1. The van der Waals surface area contributed by atoms with Gasteiger partial charge in [0, 0.05) is 42.8 Å². The lowest BCUT2D eigenvalue weighted by atomic mass is 10.1. The Balaban J connectivity index is 1.98. The number of carbonyl (C=O) groups excluding carboxylic acids is 1. The number of aromatic nitrogens is 3. The SMILES string of the molecule is C/C(=C\c1ccncc1)C(=O)NCc1cnn(C)c1C. The smallest absolute Gasteiger partial charge is 0.247 e. The van der Waals surface area contributed by atoms with Crippen LogP contribution in [0.3, 0.4) is 0 Å². The quantitative estimate of drug-likeness (QED) is 0.862. The predicted octanol–water partition coefficient (Wildman–Crippen LogP) is 1.84. The van der Waals surface area contributed by atoms with E-state index in [1.54, 1.807) is 30.2 Å². The third-order valence-corrected chi connectivity index (χ3v) is 3.22. The van der Waals surface area contributed by atoms with E-state index < -0.39 is 0 Å². The first-order valence-corrected chi connectivity index (χ1v) is 6.42. The lowest BCUT2D eigenvalue weighted by molar-refractivity contribution is -0.117. The molecule has 2 aromatic heterocycles. The number of aryl methyl sites for hydroxylation is 1. The average molecular weight is 270 g/mol. The number of nitrogens with zero attached hydrogens (tertiary/aromatic N) is 3. The fourth-order valence-corrected chi connectivity index (χ4v) is 1.81. The van der Waals surface area contributed by atoms with Gasteiger partial charge in [-0.2, -0.15) is 5.10 Å². The van der Waals surface area contributed by atoms with Gasteiger partial charge >= 0.3 is 0 Å². The van der Waals surface area contributed by atoms with Crippen molar-refractivity contribution in [2.24, 2.45) is 7.05 Å². The summed E-state index contributed by atoms with van der Waals surface area (Å²) in [5.74, 6) is -0.0786. The number of amides is 1. The second kappa shape index (κ2) is 6.14. The van der Waals surface area contributed by atoms with Gasteiger partial charge in [-0.05, 0) is 37.6 Å². The van der Waals surface area contributed by atoms with E-state index in [0.29, 0.717) is 12.1 Å². The van der Waals surface area contributed by atoms with Crippen LogP contribution in [0.4, 0.5) is 0 Å². The summed E-state index contributed by atoms with van der Waals surface area (Å²) in [6.07, 6.45) is 7.02. The summed E-state index contributed by atoms with van der Waals surface area (Å²) in [4.78, 5) is 16.0. The van der Waals surface area contributed by atoms with Crippen LogP contribution in [0.25, 0.3) is 6.08 Å². The molecule has 0 atom stereocenters. The summed E-state index contributed by atoms with van der Waals surface area (Å²) in [7, 11) is 1.88. The summed E-state index contributed by atoms with van der Waals surface area (Å²) in [6, 6.07) is 3.73. The van der Waals surface area contributed by atoms with Gasteiger partial charge in [-0.15, -0.1) is 0 Å². The lowest BCUT2D eigenvalue weighted by Crippen LogP contribution is -2.23. The highest BCUT2D eigenvalue weighted by Crippen LogP contribution is 2.07. The molecule has 0 radical (unpaired) electrons. The molecule has 2 heterocycles. The Bertz CT molecular complexity index is 629. The molecule has 5 heteroatoms. The minimum atomic E-state index is -0.0786. The maximum absolute atomic E-state index is 12.0. The molecule has 0 aromatic carbocycles. The molecule has 5 nitrogen and oxygen atoms in total. The lowest BCUT2D eigenvalue weighted by Gasteiger charge is -2.05. The van der Waals surface area contributed by atoms with Gasteiger partial charge in [0.05, 0.1) is 6.20 Å². The van der Waals surface area contributed by atoms with Crippen LogP contribution >= 0.6 is 0 Å². The monoisotopic (exact) mass is 270 g/mol. The normalized spacial score (nSPS) is 11.4. The third-order valence-electron chi connectivity index (χ3n) is 3.22. The predicted molar refractivity (Wildman–Crippen MR) is 77.7 cm³/mol. The molecule has 0 spiro atoms. The highest BCUT2D eigenvalue weighted by Gasteiger charge is 2.07. The molecule has 2 rings (SSSR count). The highest BCUT2D eigenvalue weighted by atomic mass is 16.1. The van der Waals surface area contributed by atoms with E-state index in [4.69, 9.17) is 0 Å². The van der Waals surface area contributed by atoms with Gasteiger partial charge in [0.1, 0.15) is 0 Å². The Morgan fingerprint density at radius 2 is 2.10 bits per heavy atom. The van der Waals surface area contributed by atoms with Crippen molar-refractivity contribution in [1.82, 2.24) is 20.1 Å². The largest absolute Gasteiger partial charge is 0.348 e. The third kappa shape index (κ3) is 3.32. The fraction of sp³-hybridized carbons (Fsp3) is 0.267. The Labute approximate surface area is 118 Å². The summed E-state index contributed by atoms with van der Waals surface area (Å²) >= 11 is 0. The van der Waals surface area contributed by atoms with Crippen molar-refractivity contribution in [3.05, 3.63) is 53.1 Å². The molecule has 1 N–H and O–H groups in total. The minimum Gasteiger partial charge on any atom is -0.348 e. The van der Waals surface area contributed by atoms with Crippen molar-refractivity contribution >= 4 is 12.0 Å². The van der Waals surface area contributed by atoms with Crippen molar-refractivity contribution in [2.75, 3.05) is 0 Å². The van der Waals surface area contributed by atoms with E-state index >= 15 is 0 Å². The van der Waals surface area contributed by atoms with Gasteiger partial charge in [-0.3, -0.25) is 14.5 Å². The molecule has 0 aliphatic carbocycles. The van der Waals surface area contributed by atoms with Crippen LogP contribution in [0.15, 0.2) is 36.3 Å². The van der Waals surface area contributed by atoms with E-state index in [-0.39, 0.29) is 5.91 Å². The fourth-order valence-electron chi connectivity index (χ4n) is 1.81. The first-order valence-electron chi connectivity index (χ1n) is 6.42. The average Bonchev–Trinajstić information content (AvgIpc) is 2.77. The molecule has 1 amide bonds. The van der Waals surface area contributed by atoms with E-state index in [2.05, 4.69) is 15.4 Å². The highest BCUT2D eigenvalue weighted by molar-refractivity contribution is 5.97. The van der Waals surface area contributed by atoms with Crippen LogP contribution in [0.5, 0.6) is 0 Å². The molecular weight excluding hydrogens is 252 g/mol. The van der Waals surface area contributed by atoms with Gasteiger partial charge in [0.15, 0.2) is 0 Å². The van der Waals surface area contributed by atoms with Crippen LogP contribution < -0.4 is 5.32 Å². The van der Waals surface area contributed by atoms with E-state index in [1.807, 2.05) is 32.2 Å². The van der Waals surface area contributed by atoms with Gasteiger partial charge in [0.2, 0.25) is 5.91 Å². The molecule has 0 bridgehead atoms. The van der Waals surface area contributed by atoms with Crippen molar-refractivity contribution < 1.29 is 4.79 Å². The van der Waals surface area contributed by atoms with Crippen molar-refractivity contribution in [2.45, 2.75) is 20.4 Å². The molecule has 0 aliphatic rings. The zero-order chi connectivity index (χ0) is 14.5. The minimum absolute atomic E-state index is 0.0786. The van der Waals surface area contributed by atoms with Gasteiger partial charge < -0.3 is 5.32 Å². The van der Waals surface area contributed by atoms with Gasteiger partial charge in [-0.25, -0.2) is 0 Å². The first-order chi connectivity index (χ1) is 9.58. The molecule has 0 saturated heterocycles. The Hall–Kier alpha value is -2.43. The van der Waals surface area contributed by atoms with Crippen molar-refractivity contribution in [3.8, 4) is 0 Å². The van der Waals surface area contributed by atoms with E-state index in [1.165, 1.54) is 0 Å².